The molecule has 3 aromatic rings. The summed E-state index contributed by atoms with van der Waals surface area (Å²) >= 11 is 1.66. The van der Waals surface area contributed by atoms with Gasteiger partial charge in [-0.05, 0) is 74.4 Å². The molecule has 264 valence electrons. The molecule has 1 fully saturated rings. The van der Waals surface area contributed by atoms with Crippen molar-refractivity contribution in [3.05, 3.63) is 101 Å². The number of rotatable bonds is 14. The highest BCUT2D eigenvalue weighted by molar-refractivity contribution is 7.96. The smallest absolute Gasteiger partial charge is 0.407 e. The molecule has 5 atom stereocenters. The minimum atomic E-state index is -1.08. The lowest BCUT2D eigenvalue weighted by atomic mass is 9.88. The quantitative estimate of drug-likeness (QED) is 0.176. The van der Waals surface area contributed by atoms with Crippen LogP contribution in [0, 0.1) is 5.92 Å². The maximum Gasteiger partial charge on any atom is 0.407 e. The number of amides is 2. The van der Waals surface area contributed by atoms with E-state index in [4.69, 9.17) is 14.2 Å². The summed E-state index contributed by atoms with van der Waals surface area (Å²) in [6.45, 7) is 8.27. The van der Waals surface area contributed by atoms with Crippen LogP contribution in [0.15, 0.2) is 78.9 Å². The highest BCUT2D eigenvalue weighted by Crippen LogP contribution is 2.32. The first-order valence-electron chi connectivity index (χ1n) is 17.0. The minimum absolute atomic E-state index is 0.0685. The Morgan fingerprint density at radius 2 is 1.71 bits per heavy atom. The van der Waals surface area contributed by atoms with Crippen LogP contribution in [0.5, 0.6) is 5.75 Å². The molecule has 0 saturated carbocycles. The van der Waals surface area contributed by atoms with Crippen LogP contribution in [0.2, 0.25) is 0 Å². The monoisotopic (exact) mass is 691 g/mol. The summed E-state index contributed by atoms with van der Waals surface area (Å²) in [7, 11) is 0. The largest absolute Gasteiger partial charge is 0.492 e. The van der Waals surface area contributed by atoms with E-state index in [1.54, 1.807) is 32.7 Å². The van der Waals surface area contributed by atoms with E-state index < -0.39 is 41.9 Å². The topological polar surface area (TPSA) is 130 Å². The number of carbonyl (C=O) groups is 2. The van der Waals surface area contributed by atoms with Crippen LogP contribution >= 0.6 is 11.9 Å². The predicted octanol–water partition coefficient (Wildman–Crippen LogP) is 4.82. The summed E-state index contributed by atoms with van der Waals surface area (Å²) in [5.74, 6) is 0.449. The summed E-state index contributed by atoms with van der Waals surface area (Å²) < 4.78 is 19.1. The third kappa shape index (κ3) is 11.2. The molecule has 1 aliphatic heterocycles. The lowest BCUT2D eigenvalue weighted by Gasteiger charge is -2.30. The standard InChI is InChI=1S/C38H49N3O7S/c1-38(2,3)48-37(45)39-32(22-26-9-5-4-6-10-26)33(42)24-29(36(44)40-35-31-12-8-7-11-28(31)23-34(35)43)21-27-13-15-30(16-14-27)47-20-18-41-17-19-46-25-49-41/h4-16,29,32-35,42-43H,17-25H2,1-3H3,(H,39,45)(H,40,44)/t29-,32+,33+,34-,35+/m1/s1. The van der Waals surface area contributed by atoms with Gasteiger partial charge in [-0.15, -0.1) is 0 Å². The van der Waals surface area contributed by atoms with Crippen LogP contribution in [0.25, 0.3) is 0 Å². The molecule has 49 heavy (non-hydrogen) atoms. The summed E-state index contributed by atoms with van der Waals surface area (Å²) in [5, 5.41) is 28.5. The van der Waals surface area contributed by atoms with E-state index in [-0.39, 0.29) is 12.3 Å². The van der Waals surface area contributed by atoms with E-state index in [0.29, 0.717) is 31.8 Å². The average Bonchev–Trinajstić information content (AvgIpc) is 3.39. The minimum Gasteiger partial charge on any atom is -0.492 e. The third-order valence-corrected chi connectivity index (χ3v) is 9.68. The fourth-order valence-corrected chi connectivity index (χ4v) is 6.97. The molecule has 0 aromatic heterocycles. The van der Waals surface area contributed by atoms with Gasteiger partial charge in [0.05, 0.1) is 30.9 Å². The number of alkyl carbamates (subject to hydrolysis) is 1. The zero-order valence-corrected chi connectivity index (χ0v) is 29.4. The zero-order chi connectivity index (χ0) is 34.8. The third-order valence-electron chi connectivity index (χ3n) is 8.68. The Balaban J connectivity index is 1.31. The van der Waals surface area contributed by atoms with Gasteiger partial charge in [-0.1, -0.05) is 78.7 Å². The Kier molecular flexibility index (Phi) is 13.0. The molecule has 11 heteroatoms. The van der Waals surface area contributed by atoms with E-state index in [0.717, 1.165) is 47.7 Å². The van der Waals surface area contributed by atoms with Gasteiger partial charge in [-0.2, -0.15) is 0 Å². The first kappa shape index (κ1) is 36.7. The number of aliphatic hydroxyl groups is 2. The summed E-state index contributed by atoms with van der Waals surface area (Å²) in [5.41, 5.74) is 3.01. The average molecular weight is 692 g/mol. The van der Waals surface area contributed by atoms with Crippen molar-refractivity contribution in [3.8, 4) is 5.75 Å². The number of carbonyl (C=O) groups excluding carboxylic acids is 2. The van der Waals surface area contributed by atoms with Crippen molar-refractivity contribution in [2.45, 2.75) is 76.3 Å². The van der Waals surface area contributed by atoms with Crippen molar-refractivity contribution in [2.24, 2.45) is 5.92 Å². The van der Waals surface area contributed by atoms with Crippen LogP contribution in [0.1, 0.15) is 55.5 Å². The van der Waals surface area contributed by atoms with Gasteiger partial charge in [0.15, 0.2) is 0 Å². The molecule has 10 nitrogen and oxygen atoms in total. The molecule has 0 spiro atoms. The molecule has 2 amide bonds. The number of hydrogen-bond acceptors (Lipinski definition) is 9. The molecule has 5 rings (SSSR count). The van der Waals surface area contributed by atoms with E-state index in [9.17, 15) is 19.8 Å². The van der Waals surface area contributed by atoms with Crippen LogP contribution < -0.4 is 15.4 Å². The molecule has 3 aromatic carbocycles. The fourth-order valence-electron chi connectivity index (χ4n) is 6.22. The Morgan fingerprint density at radius 1 is 1.00 bits per heavy atom. The summed E-state index contributed by atoms with van der Waals surface area (Å²) in [6.07, 6.45) is -1.26. The number of ether oxygens (including phenoxy) is 3. The molecule has 1 aliphatic carbocycles. The van der Waals surface area contributed by atoms with Crippen LogP contribution in [-0.2, 0) is 33.5 Å². The lowest BCUT2D eigenvalue weighted by molar-refractivity contribution is -0.127. The maximum atomic E-state index is 14.1. The Labute approximate surface area is 293 Å². The molecule has 0 bridgehead atoms. The van der Waals surface area contributed by atoms with Gasteiger partial charge in [-0.25, -0.2) is 9.10 Å². The second kappa shape index (κ2) is 17.4. The Bertz CT molecular complexity index is 1500. The van der Waals surface area contributed by atoms with Gasteiger partial charge >= 0.3 is 6.09 Å². The highest BCUT2D eigenvalue weighted by Gasteiger charge is 2.35. The van der Waals surface area contributed by atoms with Crippen LogP contribution in [0.3, 0.4) is 0 Å². The molecule has 0 radical (unpaired) electrons. The SMILES string of the molecule is CC(C)(C)OC(=O)N[C@@H](Cc1ccccc1)[C@@H](O)C[C@@H](Cc1ccc(OCCN2CCOCS2)cc1)C(=O)N[C@H]1c2ccccc2C[C@H]1O. The number of benzene rings is 3. The Hall–Kier alpha value is -3.61. The van der Waals surface area contributed by atoms with Gasteiger partial charge in [0, 0.05) is 25.4 Å². The number of fused-ring (bicyclic) bond motifs is 1. The Morgan fingerprint density at radius 3 is 2.43 bits per heavy atom. The van der Waals surface area contributed by atoms with E-state index in [1.807, 2.05) is 78.9 Å². The van der Waals surface area contributed by atoms with Crippen molar-refractivity contribution >= 4 is 23.9 Å². The molecule has 4 N–H and O–H groups in total. The second-order valence-electron chi connectivity index (χ2n) is 13.7. The van der Waals surface area contributed by atoms with Gasteiger partial charge in [-0.3, -0.25) is 4.79 Å². The van der Waals surface area contributed by atoms with Gasteiger partial charge in [0.2, 0.25) is 5.91 Å². The van der Waals surface area contributed by atoms with Crippen molar-refractivity contribution in [2.75, 3.05) is 32.2 Å². The van der Waals surface area contributed by atoms with Gasteiger partial charge in [0.25, 0.3) is 0 Å². The van der Waals surface area contributed by atoms with Crippen molar-refractivity contribution < 1.29 is 34.0 Å². The van der Waals surface area contributed by atoms with Crippen molar-refractivity contribution in [1.82, 2.24) is 14.9 Å². The molecule has 2 aliphatic rings. The fraction of sp³-hybridized carbons (Fsp3) is 0.474. The van der Waals surface area contributed by atoms with Crippen LogP contribution in [-0.4, -0.2) is 82.6 Å². The van der Waals surface area contributed by atoms with Gasteiger partial charge in [0.1, 0.15) is 23.9 Å². The number of hydrogen-bond donors (Lipinski definition) is 4. The van der Waals surface area contributed by atoms with E-state index in [2.05, 4.69) is 14.9 Å². The first-order chi connectivity index (χ1) is 23.5. The second-order valence-corrected chi connectivity index (χ2v) is 14.7. The van der Waals surface area contributed by atoms with Gasteiger partial charge < -0.3 is 35.1 Å². The molecule has 1 saturated heterocycles. The van der Waals surface area contributed by atoms with E-state index >= 15 is 0 Å². The highest BCUT2D eigenvalue weighted by atomic mass is 32.2. The van der Waals surface area contributed by atoms with E-state index in [1.165, 1.54) is 0 Å². The molecular weight excluding hydrogens is 642 g/mol. The summed E-state index contributed by atoms with van der Waals surface area (Å²) in [6, 6.07) is 23.7. The predicted molar refractivity (Wildman–Crippen MR) is 190 cm³/mol. The molecule has 0 unspecified atom stereocenters. The first-order valence-corrected chi connectivity index (χ1v) is 17.9. The van der Waals surface area contributed by atoms with Crippen LogP contribution in [0.4, 0.5) is 4.79 Å². The van der Waals surface area contributed by atoms with Crippen molar-refractivity contribution in [3.63, 3.8) is 0 Å². The molecular formula is C38H49N3O7S. The maximum absolute atomic E-state index is 14.1. The normalized spacial score (nSPS) is 19.7. The molecule has 1 heterocycles. The van der Waals surface area contributed by atoms with Crippen molar-refractivity contribution in [1.29, 1.82) is 0 Å². The summed E-state index contributed by atoms with van der Waals surface area (Å²) in [4.78, 5) is 26.9. The number of nitrogens with zero attached hydrogens (tertiary/aromatic N) is 1. The zero-order valence-electron chi connectivity index (χ0n) is 28.5. The number of aliphatic hydroxyl groups excluding tert-OH is 2. The number of nitrogens with one attached hydrogen (secondary N) is 2. The lowest BCUT2D eigenvalue weighted by Crippen LogP contribution is -2.48.